The molecule has 150 valence electrons. The normalized spacial score (nSPS) is 11.1. The molecule has 8 heteroatoms. The van der Waals surface area contributed by atoms with Gasteiger partial charge in [-0.1, -0.05) is 26.2 Å². The van der Waals surface area contributed by atoms with Gasteiger partial charge in [-0.3, -0.25) is 18.9 Å². The molecule has 0 saturated carbocycles. The smallest absolute Gasteiger partial charge is 0.338 e. The minimum absolute atomic E-state index is 0.0971. The summed E-state index contributed by atoms with van der Waals surface area (Å²) < 4.78 is 7.08. The van der Waals surface area contributed by atoms with E-state index in [-0.39, 0.29) is 5.56 Å². The van der Waals surface area contributed by atoms with Gasteiger partial charge in [-0.2, -0.15) is 0 Å². The zero-order chi connectivity index (χ0) is 20.7. The summed E-state index contributed by atoms with van der Waals surface area (Å²) in [5, 5.41) is 10.0. The molecule has 0 bridgehead atoms. The quantitative estimate of drug-likeness (QED) is 0.425. The SMILES string of the molecule is CCCCCCOC(=O)c1ccc(N=Cc2c(O)n(C)c(=O)n(C)c2=O)cc1. The fourth-order valence-corrected chi connectivity index (χ4v) is 2.57. The Morgan fingerprint density at radius 2 is 1.79 bits per heavy atom. The molecule has 0 aliphatic rings. The second-order valence-electron chi connectivity index (χ2n) is 6.44. The number of unbranched alkanes of at least 4 members (excludes halogenated alkanes) is 3. The van der Waals surface area contributed by atoms with E-state index in [9.17, 15) is 19.5 Å². The first kappa shape index (κ1) is 21.1. The summed E-state index contributed by atoms with van der Waals surface area (Å²) in [6.07, 6.45) is 5.32. The predicted molar refractivity (Wildman–Crippen MR) is 107 cm³/mol. The fourth-order valence-electron chi connectivity index (χ4n) is 2.57. The zero-order valence-corrected chi connectivity index (χ0v) is 16.3. The molecule has 28 heavy (non-hydrogen) atoms. The van der Waals surface area contributed by atoms with Gasteiger partial charge in [0.2, 0.25) is 5.88 Å². The lowest BCUT2D eigenvalue weighted by atomic mass is 10.2. The Hall–Kier alpha value is -3.16. The highest BCUT2D eigenvalue weighted by molar-refractivity contribution is 5.90. The molecule has 0 aliphatic heterocycles. The number of esters is 1. The number of carbonyl (C=O) groups excluding carboxylic acids is 1. The Balaban J connectivity index is 2.08. The lowest BCUT2D eigenvalue weighted by Crippen LogP contribution is -2.38. The molecule has 0 spiro atoms. The van der Waals surface area contributed by atoms with Crippen molar-refractivity contribution in [3.05, 3.63) is 56.2 Å². The summed E-state index contributed by atoms with van der Waals surface area (Å²) in [6, 6.07) is 6.38. The Bertz CT molecular complexity index is 971. The minimum Gasteiger partial charge on any atom is -0.494 e. The van der Waals surface area contributed by atoms with E-state index in [1.54, 1.807) is 24.3 Å². The summed E-state index contributed by atoms with van der Waals surface area (Å²) in [4.78, 5) is 40.0. The topological polar surface area (TPSA) is 103 Å². The van der Waals surface area contributed by atoms with Crippen LogP contribution in [0.1, 0.15) is 48.5 Å². The Labute approximate surface area is 162 Å². The molecule has 1 aromatic carbocycles. The molecule has 0 saturated heterocycles. The van der Waals surface area contributed by atoms with Gasteiger partial charge in [-0.05, 0) is 30.7 Å². The van der Waals surface area contributed by atoms with Crippen LogP contribution >= 0.6 is 0 Å². The lowest BCUT2D eigenvalue weighted by Gasteiger charge is -2.07. The standard InChI is InChI=1S/C20H25N3O5/c1-4-5-6-7-12-28-19(26)14-8-10-15(11-9-14)21-13-16-17(24)22(2)20(27)23(3)18(16)25/h8-11,13,24H,4-7,12H2,1-3H3. The molecule has 2 rings (SSSR count). The van der Waals surface area contributed by atoms with Gasteiger partial charge < -0.3 is 9.84 Å². The van der Waals surface area contributed by atoms with E-state index in [1.807, 2.05) is 0 Å². The van der Waals surface area contributed by atoms with E-state index >= 15 is 0 Å². The first-order valence-electron chi connectivity index (χ1n) is 9.17. The summed E-state index contributed by atoms with van der Waals surface area (Å²) in [7, 11) is 2.68. The zero-order valence-electron chi connectivity index (χ0n) is 16.3. The van der Waals surface area contributed by atoms with Gasteiger partial charge in [0, 0.05) is 20.3 Å². The van der Waals surface area contributed by atoms with E-state index in [2.05, 4.69) is 11.9 Å². The van der Waals surface area contributed by atoms with Crippen molar-refractivity contribution in [1.82, 2.24) is 9.13 Å². The van der Waals surface area contributed by atoms with Crippen LogP contribution in [0.4, 0.5) is 5.69 Å². The molecule has 2 aromatic rings. The number of rotatable bonds is 8. The number of benzene rings is 1. The number of nitrogens with zero attached hydrogens (tertiary/aromatic N) is 3. The molecule has 0 radical (unpaired) electrons. The number of aromatic hydroxyl groups is 1. The Morgan fingerprint density at radius 1 is 1.11 bits per heavy atom. The summed E-state index contributed by atoms with van der Waals surface area (Å²) >= 11 is 0. The second-order valence-corrected chi connectivity index (χ2v) is 6.44. The third-order valence-corrected chi connectivity index (χ3v) is 4.34. The van der Waals surface area contributed by atoms with Crippen LogP contribution < -0.4 is 11.2 Å². The first-order chi connectivity index (χ1) is 13.4. The van der Waals surface area contributed by atoms with E-state index in [0.717, 1.165) is 34.8 Å². The lowest BCUT2D eigenvalue weighted by molar-refractivity contribution is 0.0498. The van der Waals surface area contributed by atoms with Gasteiger partial charge in [-0.25, -0.2) is 9.59 Å². The maximum atomic E-state index is 12.1. The molecular weight excluding hydrogens is 362 g/mol. The molecule has 8 nitrogen and oxygen atoms in total. The van der Waals surface area contributed by atoms with Crippen molar-refractivity contribution in [2.45, 2.75) is 32.6 Å². The number of aromatic nitrogens is 2. The molecule has 1 N–H and O–H groups in total. The number of hydrogen-bond donors (Lipinski definition) is 1. The van der Waals surface area contributed by atoms with Crippen LogP contribution in [0.3, 0.4) is 0 Å². The average Bonchev–Trinajstić information content (AvgIpc) is 2.71. The van der Waals surface area contributed by atoms with Crippen LogP contribution in [-0.4, -0.2) is 33.0 Å². The molecule has 0 aliphatic carbocycles. The van der Waals surface area contributed by atoms with E-state index in [4.69, 9.17) is 4.74 Å². The van der Waals surface area contributed by atoms with Gasteiger partial charge >= 0.3 is 11.7 Å². The van der Waals surface area contributed by atoms with E-state index in [1.165, 1.54) is 20.3 Å². The first-order valence-corrected chi connectivity index (χ1v) is 9.17. The highest BCUT2D eigenvalue weighted by Crippen LogP contribution is 2.15. The maximum Gasteiger partial charge on any atom is 0.338 e. The van der Waals surface area contributed by atoms with Crippen LogP contribution in [0.15, 0.2) is 38.8 Å². The number of carbonyl (C=O) groups is 1. The molecule has 1 aromatic heterocycles. The molecule has 0 amide bonds. The van der Waals surface area contributed by atoms with Crippen molar-refractivity contribution in [1.29, 1.82) is 0 Å². The van der Waals surface area contributed by atoms with Crippen LogP contribution in [0, 0.1) is 0 Å². The monoisotopic (exact) mass is 387 g/mol. The Kier molecular flexibility index (Phi) is 7.31. The van der Waals surface area contributed by atoms with Crippen LogP contribution in [-0.2, 0) is 18.8 Å². The minimum atomic E-state index is -0.646. The summed E-state index contributed by atoms with van der Waals surface area (Å²) in [6.45, 7) is 2.52. The number of ether oxygens (including phenoxy) is 1. The van der Waals surface area contributed by atoms with E-state index in [0.29, 0.717) is 17.9 Å². The van der Waals surface area contributed by atoms with Gasteiger partial charge in [0.1, 0.15) is 5.56 Å². The third kappa shape index (κ3) is 4.97. The van der Waals surface area contributed by atoms with Crippen molar-refractivity contribution in [3.8, 4) is 5.88 Å². The average molecular weight is 387 g/mol. The highest BCUT2D eigenvalue weighted by Gasteiger charge is 2.13. The highest BCUT2D eigenvalue weighted by atomic mass is 16.5. The van der Waals surface area contributed by atoms with Crippen LogP contribution in [0.5, 0.6) is 5.88 Å². The second kappa shape index (κ2) is 9.68. The van der Waals surface area contributed by atoms with Gasteiger partial charge in [-0.15, -0.1) is 0 Å². The molecule has 0 unspecified atom stereocenters. The van der Waals surface area contributed by atoms with Gasteiger partial charge in [0.25, 0.3) is 5.56 Å². The summed E-state index contributed by atoms with van der Waals surface area (Å²) in [5.41, 5.74) is -0.477. The predicted octanol–water partition coefficient (Wildman–Crippen LogP) is 2.28. The Morgan fingerprint density at radius 3 is 2.43 bits per heavy atom. The number of hydrogen-bond acceptors (Lipinski definition) is 6. The molecule has 0 fully saturated rings. The third-order valence-electron chi connectivity index (χ3n) is 4.34. The largest absolute Gasteiger partial charge is 0.494 e. The van der Waals surface area contributed by atoms with E-state index < -0.39 is 23.1 Å². The maximum absolute atomic E-state index is 12.1. The van der Waals surface area contributed by atoms with Gasteiger partial charge in [0.15, 0.2) is 0 Å². The van der Waals surface area contributed by atoms with Crippen molar-refractivity contribution >= 4 is 17.9 Å². The number of aliphatic imine (C=N–C) groups is 1. The molecule has 0 atom stereocenters. The van der Waals surface area contributed by atoms with Crippen LogP contribution in [0.25, 0.3) is 0 Å². The summed E-state index contributed by atoms with van der Waals surface area (Å²) in [5.74, 6) is -0.850. The van der Waals surface area contributed by atoms with Crippen molar-refractivity contribution in [2.24, 2.45) is 19.1 Å². The van der Waals surface area contributed by atoms with Crippen molar-refractivity contribution < 1.29 is 14.6 Å². The van der Waals surface area contributed by atoms with Crippen LogP contribution in [0.2, 0.25) is 0 Å². The molecule has 1 heterocycles. The molecular formula is C20H25N3O5. The van der Waals surface area contributed by atoms with Crippen molar-refractivity contribution in [2.75, 3.05) is 6.61 Å². The van der Waals surface area contributed by atoms with Crippen molar-refractivity contribution in [3.63, 3.8) is 0 Å². The van der Waals surface area contributed by atoms with Gasteiger partial charge in [0.05, 0.1) is 17.9 Å². The fraction of sp³-hybridized carbons (Fsp3) is 0.400.